The molecule has 0 aromatic heterocycles. The van der Waals surface area contributed by atoms with E-state index in [9.17, 15) is 19.5 Å². The number of rotatable bonds is 12. The van der Waals surface area contributed by atoms with Crippen LogP contribution in [0.25, 0.3) is 0 Å². The third-order valence-electron chi connectivity index (χ3n) is 4.12. The molecule has 1 fully saturated rings. The molecular formula is C17H29NO6S2. The number of hydrogen-bond donors (Lipinski definition) is 3. The van der Waals surface area contributed by atoms with Crippen molar-refractivity contribution in [3.63, 3.8) is 0 Å². The van der Waals surface area contributed by atoms with Gasteiger partial charge in [-0.15, -0.1) is 0 Å². The molecule has 9 heteroatoms. The molecule has 1 saturated heterocycles. The maximum atomic E-state index is 11.9. The number of carbonyl (C=O) groups is 3. The van der Waals surface area contributed by atoms with Gasteiger partial charge in [0.25, 0.3) is 0 Å². The number of carboxylic acid groups (broad SMARTS) is 1. The van der Waals surface area contributed by atoms with Crippen LogP contribution in [-0.2, 0) is 19.1 Å². The van der Waals surface area contributed by atoms with E-state index >= 15 is 0 Å². The molecule has 0 bridgehead atoms. The topological polar surface area (TPSA) is 113 Å². The predicted molar refractivity (Wildman–Crippen MR) is 103 cm³/mol. The van der Waals surface area contributed by atoms with Crippen LogP contribution in [0.5, 0.6) is 0 Å². The lowest BCUT2D eigenvalue weighted by Gasteiger charge is -2.29. The second-order valence-electron chi connectivity index (χ2n) is 7.06. The summed E-state index contributed by atoms with van der Waals surface area (Å²) in [6.07, 6.45) is 2.85. The van der Waals surface area contributed by atoms with Gasteiger partial charge in [0.2, 0.25) is 5.91 Å². The van der Waals surface area contributed by atoms with Gasteiger partial charge >= 0.3 is 11.9 Å². The van der Waals surface area contributed by atoms with E-state index in [1.807, 2.05) is 21.6 Å². The van der Waals surface area contributed by atoms with E-state index in [0.717, 1.165) is 19.3 Å². The molecule has 26 heavy (non-hydrogen) atoms. The van der Waals surface area contributed by atoms with Crippen LogP contribution in [-0.4, -0.2) is 58.3 Å². The van der Waals surface area contributed by atoms with Gasteiger partial charge in [-0.25, -0.2) is 0 Å². The van der Waals surface area contributed by atoms with Crippen molar-refractivity contribution < 1.29 is 29.3 Å². The fourth-order valence-electron chi connectivity index (χ4n) is 2.37. The average molecular weight is 408 g/mol. The molecule has 0 aromatic carbocycles. The van der Waals surface area contributed by atoms with Crippen LogP contribution in [0.1, 0.15) is 52.4 Å². The molecule has 0 saturated carbocycles. The Bertz CT molecular complexity index is 480. The van der Waals surface area contributed by atoms with Crippen molar-refractivity contribution in [3.8, 4) is 0 Å². The number of amides is 1. The lowest BCUT2D eigenvalue weighted by Crippen LogP contribution is -2.46. The Hall–Kier alpha value is -0.930. The van der Waals surface area contributed by atoms with Crippen LogP contribution in [0.15, 0.2) is 0 Å². The van der Waals surface area contributed by atoms with Crippen LogP contribution < -0.4 is 5.32 Å². The quantitative estimate of drug-likeness (QED) is 0.256. The SMILES string of the molecule is CC(C)(COC(=O)CCCC[C@@H]1CCSS1)[C@@H](O)C(=O)NCCC(=O)O. The smallest absolute Gasteiger partial charge is 0.305 e. The number of hydrogen-bond acceptors (Lipinski definition) is 7. The summed E-state index contributed by atoms with van der Waals surface area (Å²) in [5.74, 6) is -0.818. The molecule has 150 valence electrons. The highest BCUT2D eigenvalue weighted by Gasteiger charge is 2.34. The van der Waals surface area contributed by atoms with E-state index in [1.165, 1.54) is 12.2 Å². The van der Waals surface area contributed by atoms with Crippen molar-refractivity contribution in [3.05, 3.63) is 0 Å². The Balaban J connectivity index is 2.21. The molecule has 1 amide bonds. The second-order valence-corrected chi connectivity index (χ2v) is 9.85. The zero-order valence-corrected chi connectivity index (χ0v) is 17.0. The molecule has 1 aliphatic rings. The molecule has 0 radical (unpaired) electrons. The van der Waals surface area contributed by atoms with Gasteiger partial charge in [-0.1, -0.05) is 41.9 Å². The van der Waals surface area contributed by atoms with Crippen LogP contribution in [0.4, 0.5) is 0 Å². The standard InChI is InChI=1S/C17H29NO6S2/c1-17(2,15(22)16(23)18-9-7-13(19)20)11-24-14(21)6-4-3-5-12-8-10-25-26-12/h12,15,22H,3-11H2,1-2H3,(H,18,23)(H,19,20)/t12-,15+/m1/s1. The molecular weight excluding hydrogens is 378 g/mol. The lowest BCUT2D eigenvalue weighted by molar-refractivity contribution is -0.153. The summed E-state index contributed by atoms with van der Waals surface area (Å²) in [7, 11) is 3.84. The Labute approximate surface area is 162 Å². The lowest BCUT2D eigenvalue weighted by atomic mass is 9.87. The number of carboxylic acids is 1. The number of aliphatic hydroxyl groups excluding tert-OH is 1. The van der Waals surface area contributed by atoms with Crippen LogP contribution in [0, 0.1) is 5.41 Å². The third kappa shape index (κ3) is 9.14. The van der Waals surface area contributed by atoms with Crippen LogP contribution in [0.3, 0.4) is 0 Å². The number of unbranched alkanes of at least 4 members (excludes halogenated alkanes) is 1. The molecule has 1 rings (SSSR count). The Morgan fingerprint density at radius 1 is 1.27 bits per heavy atom. The average Bonchev–Trinajstić information content (AvgIpc) is 3.09. The minimum absolute atomic E-state index is 0.0567. The summed E-state index contributed by atoms with van der Waals surface area (Å²) in [5.41, 5.74) is -0.958. The van der Waals surface area contributed by atoms with Gasteiger partial charge in [0.15, 0.2) is 0 Å². The largest absolute Gasteiger partial charge is 0.481 e. The van der Waals surface area contributed by atoms with Gasteiger partial charge in [-0.05, 0) is 19.3 Å². The fourth-order valence-corrected chi connectivity index (χ4v) is 5.40. The fraction of sp³-hybridized carbons (Fsp3) is 0.824. The summed E-state index contributed by atoms with van der Waals surface area (Å²) in [6.45, 7) is 3.11. The van der Waals surface area contributed by atoms with E-state index < -0.39 is 23.4 Å². The number of aliphatic hydroxyl groups is 1. The van der Waals surface area contributed by atoms with Gasteiger partial charge < -0.3 is 20.3 Å². The Kier molecular flexibility index (Phi) is 10.4. The van der Waals surface area contributed by atoms with Gasteiger partial charge in [0.05, 0.1) is 13.0 Å². The Morgan fingerprint density at radius 2 is 2.00 bits per heavy atom. The molecule has 1 heterocycles. The molecule has 3 N–H and O–H groups in total. The second kappa shape index (κ2) is 11.7. The molecule has 7 nitrogen and oxygen atoms in total. The van der Waals surface area contributed by atoms with Crippen LogP contribution >= 0.6 is 21.6 Å². The number of ether oxygens (including phenoxy) is 1. The summed E-state index contributed by atoms with van der Waals surface area (Å²) in [4.78, 5) is 34.1. The van der Waals surface area contributed by atoms with Crippen molar-refractivity contribution in [2.45, 2.75) is 63.7 Å². The highest BCUT2D eigenvalue weighted by molar-refractivity contribution is 8.77. The summed E-state index contributed by atoms with van der Waals surface area (Å²) >= 11 is 0. The van der Waals surface area contributed by atoms with E-state index in [1.54, 1.807) is 13.8 Å². The highest BCUT2D eigenvalue weighted by Crippen LogP contribution is 2.39. The van der Waals surface area contributed by atoms with Gasteiger partial charge in [0, 0.05) is 29.4 Å². The number of esters is 1. The van der Waals surface area contributed by atoms with Gasteiger partial charge in [-0.3, -0.25) is 14.4 Å². The van der Waals surface area contributed by atoms with E-state index in [0.29, 0.717) is 11.7 Å². The first-order chi connectivity index (χ1) is 12.2. The molecule has 0 spiro atoms. The Morgan fingerprint density at radius 3 is 2.62 bits per heavy atom. The zero-order chi connectivity index (χ0) is 19.6. The molecule has 1 aliphatic heterocycles. The van der Waals surface area contributed by atoms with Crippen LogP contribution in [0.2, 0.25) is 0 Å². The monoisotopic (exact) mass is 407 g/mol. The molecule has 0 unspecified atom stereocenters. The number of aliphatic carboxylic acids is 1. The molecule has 0 aromatic rings. The summed E-state index contributed by atoms with van der Waals surface area (Å²) in [5, 5.41) is 21.7. The first kappa shape index (κ1) is 23.1. The molecule has 2 atom stereocenters. The van der Waals surface area contributed by atoms with E-state index in [4.69, 9.17) is 9.84 Å². The normalized spacial score (nSPS) is 18.3. The van der Waals surface area contributed by atoms with Gasteiger partial charge in [0.1, 0.15) is 6.10 Å². The van der Waals surface area contributed by atoms with E-state index in [2.05, 4.69) is 5.32 Å². The van der Waals surface area contributed by atoms with E-state index in [-0.39, 0.29) is 25.5 Å². The third-order valence-corrected chi connectivity index (χ3v) is 7.12. The first-order valence-electron chi connectivity index (χ1n) is 8.84. The van der Waals surface area contributed by atoms with Gasteiger partial charge in [-0.2, -0.15) is 0 Å². The summed E-state index contributed by atoms with van der Waals surface area (Å²) < 4.78 is 5.21. The van der Waals surface area contributed by atoms with Crippen molar-refractivity contribution >= 4 is 39.4 Å². The maximum Gasteiger partial charge on any atom is 0.305 e. The first-order valence-corrected chi connectivity index (χ1v) is 11.2. The maximum absolute atomic E-state index is 11.9. The highest BCUT2D eigenvalue weighted by atomic mass is 33.1. The number of nitrogens with one attached hydrogen (secondary N) is 1. The minimum Gasteiger partial charge on any atom is -0.481 e. The number of carbonyl (C=O) groups excluding carboxylic acids is 2. The summed E-state index contributed by atoms with van der Waals surface area (Å²) in [6, 6.07) is 0. The van der Waals surface area contributed by atoms with Crippen molar-refractivity contribution in [2.24, 2.45) is 5.41 Å². The zero-order valence-electron chi connectivity index (χ0n) is 15.4. The minimum atomic E-state index is -1.39. The predicted octanol–water partition coefficient (Wildman–Crippen LogP) is 2.22. The van der Waals surface area contributed by atoms with Crippen molar-refractivity contribution in [1.29, 1.82) is 0 Å². The van der Waals surface area contributed by atoms with Crippen molar-refractivity contribution in [2.75, 3.05) is 18.9 Å². The molecule has 0 aliphatic carbocycles. The van der Waals surface area contributed by atoms with Crippen molar-refractivity contribution in [1.82, 2.24) is 5.32 Å².